The second-order valence-electron chi connectivity index (χ2n) is 7.26. The largest absolute Gasteiger partial charge is 0.365 e. The first kappa shape index (κ1) is 21.7. The van der Waals surface area contributed by atoms with Crippen molar-refractivity contribution in [3.05, 3.63) is 82.4 Å². The van der Waals surface area contributed by atoms with Gasteiger partial charge in [-0.1, -0.05) is 36.4 Å². The Hall–Kier alpha value is -3.57. The third-order valence-corrected chi connectivity index (χ3v) is 7.09. The molecular formula is C21H22N6O4S. The Morgan fingerprint density at radius 2 is 1.69 bits per heavy atom. The molecule has 0 saturated carbocycles. The molecule has 1 saturated heterocycles. The number of nitrogens with one attached hydrogen (secondary N) is 1. The zero-order valence-corrected chi connectivity index (χ0v) is 18.0. The van der Waals surface area contributed by atoms with Crippen molar-refractivity contribution in [2.24, 2.45) is 0 Å². The quantitative estimate of drug-likeness (QED) is 0.427. The summed E-state index contributed by atoms with van der Waals surface area (Å²) in [6, 6.07) is 18.8. The standard InChI is InChI=1S/C21H22N6O4S/c28-27(29)18-7-4-8-19(15-18)32(30,31)26-13-11-25(12-14-26)21-10-9-20(23-24-21)22-16-17-5-2-1-3-6-17/h1-10,15H,11-14,16H2,(H,22,23). The van der Waals surface area contributed by atoms with E-state index in [1.54, 1.807) is 0 Å². The SMILES string of the molecule is O=[N+]([O-])c1cccc(S(=O)(=O)N2CCN(c3ccc(NCc4ccccc4)nn3)CC2)c1. The van der Waals surface area contributed by atoms with Gasteiger partial charge in [0.2, 0.25) is 10.0 Å². The van der Waals surface area contributed by atoms with Crippen molar-refractivity contribution < 1.29 is 13.3 Å². The predicted octanol–water partition coefficient (Wildman–Crippen LogP) is 2.51. The van der Waals surface area contributed by atoms with Gasteiger partial charge in [0.25, 0.3) is 5.69 Å². The smallest absolute Gasteiger partial charge is 0.270 e. The van der Waals surface area contributed by atoms with Crippen molar-refractivity contribution in [3.63, 3.8) is 0 Å². The topological polar surface area (TPSA) is 122 Å². The van der Waals surface area contributed by atoms with E-state index in [4.69, 9.17) is 0 Å². The van der Waals surface area contributed by atoms with E-state index in [0.29, 0.717) is 31.3 Å². The minimum atomic E-state index is -3.81. The number of non-ortho nitro benzene ring substituents is 1. The average molecular weight is 455 g/mol. The molecule has 0 spiro atoms. The fourth-order valence-corrected chi connectivity index (χ4v) is 4.90. The molecule has 1 aromatic heterocycles. The first-order valence-corrected chi connectivity index (χ1v) is 11.5. The summed E-state index contributed by atoms with van der Waals surface area (Å²) < 4.78 is 27.1. The molecule has 1 N–H and O–H groups in total. The normalized spacial score (nSPS) is 14.8. The minimum absolute atomic E-state index is 0.0752. The van der Waals surface area contributed by atoms with Gasteiger partial charge in [-0.05, 0) is 23.8 Å². The van der Waals surface area contributed by atoms with Gasteiger partial charge in [-0.2, -0.15) is 4.31 Å². The summed E-state index contributed by atoms with van der Waals surface area (Å²) >= 11 is 0. The minimum Gasteiger partial charge on any atom is -0.365 e. The Labute approximate surface area is 185 Å². The van der Waals surface area contributed by atoms with Gasteiger partial charge in [0.05, 0.1) is 9.82 Å². The maximum atomic E-state index is 12.9. The van der Waals surface area contributed by atoms with E-state index in [1.807, 2.05) is 47.4 Å². The number of nitro benzene ring substituents is 1. The summed E-state index contributed by atoms with van der Waals surface area (Å²) in [6.07, 6.45) is 0. The van der Waals surface area contributed by atoms with E-state index in [1.165, 1.54) is 22.5 Å². The van der Waals surface area contributed by atoms with Crippen LogP contribution < -0.4 is 10.2 Å². The highest BCUT2D eigenvalue weighted by molar-refractivity contribution is 7.89. The van der Waals surface area contributed by atoms with E-state index in [2.05, 4.69) is 15.5 Å². The average Bonchev–Trinajstić information content (AvgIpc) is 2.84. The molecule has 10 nitrogen and oxygen atoms in total. The van der Waals surface area contributed by atoms with Crippen LogP contribution in [0.4, 0.5) is 17.3 Å². The molecule has 2 aromatic carbocycles. The predicted molar refractivity (Wildman–Crippen MR) is 120 cm³/mol. The van der Waals surface area contributed by atoms with Crippen molar-refractivity contribution in [3.8, 4) is 0 Å². The number of benzene rings is 2. The monoisotopic (exact) mass is 454 g/mol. The number of nitro groups is 1. The lowest BCUT2D eigenvalue weighted by molar-refractivity contribution is -0.385. The van der Waals surface area contributed by atoms with Gasteiger partial charge in [0.1, 0.15) is 5.82 Å². The summed E-state index contributed by atoms with van der Waals surface area (Å²) in [5.74, 6) is 1.33. The number of piperazine rings is 1. The lowest BCUT2D eigenvalue weighted by atomic mass is 10.2. The van der Waals surface area contributed by atoms with Crippen LogP contribution >= 0.6 is 0 Å². The highest BCUT2D eigenvalue weighted by atomic mass is 32.2. The molecule has 11 heteroatoms. The molecule has 0 bridgehead atoms. The summed E-state index contributed by atoms with van der Waals surface area (Å²) in [6.45, 7) is 2.03. The number of hydrogen-bond donors (Lipinski definition) is 1. The van der Waals surface area contributed by atoms with Crippen molar-refractivity contribution in [1.82, 2.24) is 14.5 Å². The molecule has 0 aliphatic carbocycles. The maximum absolute atomic E-state index is 12.9. The summed E-state index contributed by atoms with van der Waals surface area (Å²) in [7, 11) is -3.81. The molecule has 166 valence electrons. The Balaban J connectivity index is 1.36. The Bertz CT molecular complexity index is 1180. The van der Waals surface area contributed by atoms with Gasteiger partial charge < -0.3 is 10.2 Å². The second-order valence-corrected chi connectivity index (χ2v) is 9.20. The van der Waals surface area contributed by atoms with Gasteiger partial charge in [-0.3, -0.25) is 10.1 Å². The number of hydrogen-bond acceptors (Lipinski definition) is 8. The van der Waals surface area contributed by atoms with Crippen LogP contribution in [0.15, 0.2) is 71.6 Å². The third-order valence-electron chi connectivity index (χ3n) is 5.20. The van der Waals surface area contributed by atoms with E-state index in [-0.39, 0.29) is 23.7 Å². The zero-order chi connectivity index (χ0) is 22.6. The van der Waals surface area contributed by atoms with E-state index >= 15 is 0 Å². The van der Waals surface area contributed by atoms with Crippen LogP contribution in [0.5, 0.6) is 0 Å². The fraction of sp³-hybridized carbons (Fsp3) is 0.238. The van der Waals surface area contributed by atoms with Crippen LogP contribution in [0.25, 0.3) is 0 Å². The molecule has 4 rings (SSSR count). The fourth-order valence-electron chi connectivity index (χ4n) is 3.44. The zero-order valence-electron chi connectivity index (χ0n) is 17.2. The number of aromatic nitrogens is 2. The first-order chi connectivity index (χ1) is 15.4. The van der Waals surface area contributed by atoms with Crippen molar-refractivity contribution >= 4 is 27.3 Å². The number of sulfonamides is 1. The second kappa shape index (κ2) is 9.28. The summed E-state index contributed by atoms with van der Waals surface area (Å²) in [5.41, 5.74) is 0.889. The van der Waals surface area contributed by atoms with E-state index in [0.717, 1.165) is 11.6 Å². The van der Waals surface area contributed by atoms with E-state index < -0.39 is 14.9 Å². The number of rotatable bonds is 7. The van der Waals surface area contributed by atoms with Gasteiger partial charge in [-0.15, -0.1) is 10.2 Å². The lowest BCUT2D eigenvalue weighted by Gasteiger charge is -2.34. The van der Waals surface area contributed by atoms with Gasteiger partial charge in [0.15, 0.2) is 5.82 Å². The van der Waals surface area contributed by atoms with Crippen LogP contribution in [-0.2, 0) is 16.6 Å². The molecule has 0 unspecified atom stereocenters. The Morgan fingerprint density at radius 1 is 0.938 bits per heavy atom. The van der Waals surface area contributed by atoms with E-state index in [9.17, 15) is 18.5 Å². The Morgan fingerprint density at radius 3 is 2.34 bits per heavy atom. The molecule has 0 radical (unpaired) electrons. The summed E-state index contributed by atoms with van der Waals surface area (Å²) in [5, 5.41) is 22.7. The molecule has 32 heavy (non-hydrogen) atoms. The number of nitrogens with zero attached hydrogens (tertiary/aromatic N) is 5. The molecule has 1 fully saturated rings. The van der Waals surface area contributed by atoms with Crippen LogP contribution in [-0.4, -0.2) is 54.0 Å². The first-order valence-electron chi connectivity index (χ1n) is 10.0. The van der Waals surface area contributed by atoms with Crippen LogP contribution in [0, 0.1) is 10.1 Å². The molecule has 0 amide bonds. The number of anilines is 2. The molecule has 1 aliphatic heterocycles. The van der Waals surface area contributed by atoms with Gasteiger partial charge >= 0.3 is 0 Å². The molecule has 1 aliphatic rings. The highest BCUT2D eigenvalue weighted by Crippen LogP contribution is 2.23. The maximum Gasteiger partial charge on any atom is 0.270 e. The van der Waals surface area contributed by atoms with Gasteiger partial charge in [-0.25, -0.2) is 8.42 Å². The van der Waals surface area contributed by atoms with Crippen molar-refractivity contribution in [2.45, 2.75) is 11.4 Å². The third kappa shape index (κ3) is 4.84. The van der Waals surface area contributed by atoms with Crippen LogP contribution in [0.1, 0.15) is 5.56 Å². The summed E-state index contributed by atoms with van der Waals surface area (Å²) in [4.78, 5) is 12.3. The molecular weight excluding hydrogens is 432 g/mol. The Kier molecular flexibility index (Phi) is 6.28. The lowest BCUT2D eigenvalue weighted by Crippen LogP contribution is -2.49. The molecule has 0 atom stereocenters. The highest BCUT2D eigenvalue weighted by Gasteiger charge is 2.30. The van der Waals surface area contributed by atoms with Crippen molar-refractivity contribution in [1.29, 1.82) is 0 Å². The van der Waals surface area contributed by atoms with Crippen LogP contribution in [0.3, 0.4) is 0 Å². The van der Waals surface area contributed by atoms with Crippen molar-refractivity contribution in [2.75, 3.05) is 36.4 Å². The van der Waals surface area contributed by atoms with Crippen LogP contribution in [0.2, 0.25) is 0 Å². The molecule has 3 aromatic rings. The van der Waals surface area contributed by atoms with Gasteiger partial charge in [0, 0.05) is 44.9 Å². The molecule has 2 heterocycles.